The number of alkyl halides is 7. The van der Waals surface area contributed by atoms with Crippen LogP contribution in [0.2, 0.25) is 0 Å². The molecule has 0 spiro atoms. The first-order valence-electron chi connectivity index (χ1n) is 7.17. The van der Waals surface area contributed by atoms with Gasteiger partial charge >= 0.3 is 18.0 Å². The van der Waals surface area contributed by atoms with Gasteiger partial charge in [0.05, 0.1) is 0 Å². The molecule has 0 unspecified atom stereocenters. The lowest BCUT2D eigenvalue weighted by molar-refractivity contribution is -0.348. The molecule has 141 valence electrons. The zero-order chi connectivity index (χ0) is 19.9. The molecular formula is C17H10BrF8. The summed E-state index contributed by atoms with van der Waals surface area (Å²) in [4.78, 5) is 0. The Kier molecular flexibility index (Phi) is 5.43. The Balaban J connectivity index is 2.99. The second-order valence-corrected chi connectivity index (χ2v) is 6.18. The standard InChI is InChI=1S/C17H10BrF8/c1-2-9-7-11(15(20,16(21,22)23)17(24,25)26)14(12(18)8-9)10-5-3-4-6-13(10)19/h3-7H,2H2,1H3. The Morgan fingerprint density at radius 3 is 1.96 bits per heavy atom. The van der Waals surface area contributed by atoms with Crippen LogP contribution in [0.15, 0.2) is 34.8 Å². The van der Waals surface area contributed by atoms with E-state index in [0.29, 0.717) is 6.07 Å². The number of hydrogen-bond acceptors (Lipinski definition) is 0. The minimum Gasteiger partial charge on any atom is -0.218 e. The van der Waals surface area contributed by atoms with Crippen molar-refractivity contribution < 1.29 is 35.1 Å². The van der Waals surface area contributed by atoms with Gasteiger partial charge in [-0.2, -0.15) is 26.3 Å². The third-order valence-corrected chi connectivity index (χ3v) is 4.35. The highest BCUT2D eigenvalue weighted by molar-refractivity contribution is 9.10. The molecule has 0 aliphatic carbocycles. The van der Waals surface area contributed by atoms with E-state index >= 15 is 0 Å². The van der Waals surface area contributed by atoms with E-state index in [9.17, 15) is 35.1 Å². The van der Waals surface area contributed by atoms with Crippen LogP contribution in [0, 0.1) is 11.9 Å². The van der Waals surface area contributed by atoms with Gasteiger partial charge in [0.2, 0.25) is 0 Å². The Bertz CT molecular complexity index is 793. The molecule has 0 saturated heterocycles. The molecule has 0 atom stereocenters. The van der Waals surface area contributed by atoms with Crippen LogP contribution in [-0.4, -0.2) is 12.4 Å². The van der Waals surface area contributed by atoms with Crippen molar-refractivity contribution in [3.8, 4) is 11.1 Å². The molecule has 2 aromatic rings. The first-order chi connectivity index (χ1) is 11.8. The van der Waals surface area contributed by atoms with Crippen molar-refractivity contribution in [2.45, 2.75) is 31.4 Å². The molecule has 0 aliphatic heterocycles. The van der Waals surface area contributed by atoms with Crippen molar-refractivity contribution in [3.05, 3.63) is 57.8 Å². The predicted octanol–water partition coefficient (Wildman–Crippen LogP) is 6.91. The molecule has 0 fully saturated rings. The van der Waals surface area contributed by atoms with Gasteiger partial charge in [-0.3, -0.25) is 0 Å². The number of aryl methyl sites for hydroxylation is 1. The Hall–Kier alpha value is -1.64. The molecule has 0 amide bonds. The molecule has 0 bridgehead atoms. The van der Waals surface area contributed by atoms with Crippen molar-refractivity contribution in [2.24, 2.45) is 0 Å². The van der Waals surface area contributed by atoms with E-state index in [4.69, 9.17) is 0 Å². The summed E-state index contributed by atoms with van der Waals surface area (Å²) in [6.45, 7) is 1.45. The molecule has 2 rings (SSSR count). The normalized spacial score (nSPS) is 13.2. The van der Waals surface area contributed by atoms with E-state index in [1.54, 1.807) is 0 Å². The maximum atomic E-state index is 14.7. The van der Waals surface area contributed by atoms with Gasteiger partial charge in [0.1, 0.15) is 5.82 Å². The summed E-state index contributed by atoms with van der Waals surface area (Å²) in [7, 11) is 0. The van der Waals surface area contributed by atoms with Crippen LogP contribution in [0.1, 0.15) is 18.1 Å². The molecule has 26 heavy (non-hydrogen) atoms. The minimum absolute atomic E-state index is 0.00501. The van der Waals surface area contributed by atoms with Crippen LogP contribution >= 0.6 is 15.9 Å². The SMILES string of the molecule is CCc1[c]c(Br)c(-c2ccccc2F)c(C(F)(C(F)(F)F)C(F)(F)F)c1. The van der Waals surface area contributed by atoms with Gasteiger partial charge in [-0.25, -0.2) is 8.78 Å². The lowest BCUT2D eigenvalue weighted by Gasteiger charge is -2.32. The lowest BCUT2D eigenvalue weighted by Crippen LogP contribution is -2.50. The van der Waals surface area contributed by atoms with Crippen LogP contribution in [0.4, 0.5) is 35.1 Å². The first kappa shape index (κ1) is 20.7. The monoisotopic (exact) mass is 445 g/mol. The van der Waals surface area contributed by atoms with Crippen molar-refractivity contribution >= 4 is 15.9 Å². The fourth-order valence-corrected chi connectivity index (χ4v) is 3.14. The quantitative estimate of drug-likeness (QED) is 0.450. The lowest BCUT2D eigenvalue weighted by atomic mass is 9.85. The number of hydrogen-bond donors (Lipinski definition) is 0. The number of rotatable bonds is 3. The summed E-state index contributed by atoms with van der Waals surface area (Å²) in [5.74, 6) is -1.10. The second-order valence-electron chi connectivity index (χ2n) is 5.38. The van der Waals surface area contributed by atoms with Crippen LogP contribution in [0.3, 0.4) is 0 Å². The molecule has 0 saturated carbocycles. The van der Waals surface area contributed by atoms with Gasteiger partial charge in [-0.1, -0.05) is 31.2 Å². The zero-order valence-electron chi connectivity index (χ0n) is 13.0. The summed E-state index contributed by atoms with van der Waals surface area (Å²) in [6, 6.07) is 7.16. The van der Waals surface area contributed by atoms with Gasteiger partial charge < -0.3 is 0 Å². The molecule has 0 aromatic heterocycles. The maximum absolute atomic E-state index is 14.7. The van der Waals surface area contributed by atoms with E-state index in [1.807, 2.05) is 0 Å². The smallest absolute Gasteiger partial charge is 0.218 e. The van der Waals surface area contributed by atoms with Crippen LogP contribution in [0.5, 0.6) is 0 Å². The van der Waals surface area contributed by atoms with Crippen molar-refractivity contribution in [2.75, 3.05) is 0 Å². The molecule has 1 radical (unpaired) electrons. The third-order valence-electron chi connectivity index (χ3n) is 3.75. The highest BCUT2D eigenvalue weighted by Gasteiger charge is 2.74. The Morgan fingerprint density at radius 2 is 1.50 bits per heavy atom. The summed E-state index contributed by atoms with van der Waals surface area (Å²) >= 11 is 2.81. The minimum atomic E-state index is -6.31. The molecule has 9 heteroatoms. The van der Waals surface area contributed by atoms with Gasteiger partial charge in [-0.05, 0) is 34.0 Å². The van der Waals surface area contributed by atoms with E-state index in [1.165, 1.54) is 19.1 Å². The molecule has 0 aliphatic rings. The van der Waals surface area contributed by atoms with Gasteiger partial charge in [0.25, 0.3) is 0 Å². The number of halogens is 9. The van der Waals surface area contributed by atoms with Crippen LogP contribution in [0.25, 0.3) is 11.1 Å². The van der Waals surface area contributed by atoms with E-state index in [-0.39, 0.29) is 12.0 Å². The predicted molar refractivity (Wildman–Crippen MR) is 82.6 cm³/mol. The molecular weight excluding hydrogens is 436 g/mol. The van der Waals surface area contributed by atoms with Crippen LogP contribution < -0.4 is 0 Å². The largest absolute Gasteiger partial charge is 0.435 e. The van der Waals surface area contributed by atoms with Crippen molar-refractivity contribution in [1.82, 2.24) is 0 Å². The fourth-order valence-electron chi connectivity index (χ4n) is 2.46. The summed E-state index contributed by atoms with van der Waals surface area (Å²) in [5.41, 5.74) is -9.01. The van der Waals surface area contributed by atoms with E-state index in [0.717, 1.165) is 12.1 Å². The van der Waals surface area contributed by atoms with Crippen molar-refractivity contribution in [3.63, 3.8) is 0 Å². The first-order valence-corrected chi connectivity index (χ1v) is 7.96. The molecule has 0 heterocycles. The summed E-state index contributed by atoms with van der Waals surface area (Å²) in [6.07, 6.45) is -12.6. The average Bonchev–Trinajstić information content (AvgIpc) is 2.52. The summed E-state index contributed by atoms with van der Waals surface area (Å²) in [5, 5.41) is 0. The van der Waals surface area contributed by atoms with Crippen molar-refractivity contribution in [1.29, 1.82) is 0 Å². The summed E-state index contributed by atoms with van der Waals surface area (Å²) < 4.78 is 108. The van der Waals surface area contributed by atoms with Gasteiger partial charge in [0.15, 0.2) is 0 Å². The fraction of sp³-hybridized carbons (Fsp3) is 0.294. The van der Waals surface area contributed by atoms with Gasteiger partial charge in [0, 0.05) is 27.2 Å². The Labute approximate surface area is 152 Å². The highest BCUT2D eigenvalue weighted by Crippen LogP contribution is 2.56. The average molecular weight is 446 g/mol. The maximum Gasteiger partial charge on any atom is 0.435 e. The zero-order valence-corrected chi connectivity index (χ0v) is 14.6. The van der Waals surface area contributed by atoms with Crippen LogP contribution in [-0.2, 0) is 12.1 Å². The van der Waals surface area contributed by atoms with E-state index in [2.05, 4.69) is 22.0 Å². The molecule has 0 N–H and O–H groups in total. The highest BCUT2D eigenvalue weighted by atomic mass is 79.9. The van der Waals surface area contributed by atoms with Gasteiger partial charge in [-0.15, -0.1) is 0 Å². The topological polar surface area (TPSA) is 0 Å². The third kappa shape index (κ3) is 3.33. The molecule has 0 nitrogen and oxygen atoms in total. The van der Waals surface area contributed by atoms with E-state index < -0.39 is 45.0 Å². The number of benzene rings is 2. The molecule has 2 aromatic carbocycles. The second kappa shape index (κ2) is 6.83. The Morgan fingerprint density at radius 1 is 0.962 bits per heavy atom.